The highest BCUT2D eigenvalue weighted by Crippen LogP contribution is 2.33. The quantitative estimate of drug-likeness (QED) is 0.565. The van der Waals surface area contributed by atoms with Crippen molar-refractivity contribution in [3.05, 3.63) is 12.2 Å². The van der Waals surface area contributed by atoms with E-state index in [1.54, 1.807) is 0 Å². The Morgan fingerprint density at radius 3 is 2.18 bits per heavy atom. The molecule has 1 aliphatic carbocycles. The van der Waals surface area contributed by atoms with Gasteiger partial charge in [-0.2, -0.15) is 0 Å². The molecule has 2 unspecified atom stereocenters. The molecule has 0 spiro atoms. The first kappa shape index (κ1) is 14.8. The van der Waals surface area contributed by atoms with Crippen LogP contribution in [-0.2, 0) is 0 Å². The molecule has 2 atom stereocenters. The number of nitrogens with one attached hydrogen (secondary N) is 1. The van der Waals surface area contributed by atoms with E-state index in [0.29, 0.717) is 0 Å². The lowest BCUT2D eigenvalue weighted by molar-refractivity contribution is 0.252. The lowest BCUT2D eigenvalue weighted by atomic mass is 9.76. The summed E-state index contributed by atoms with van der Waals surface area (Å²) in [4.78, 5) is 0. The third kappa shape index (κ3) is 6.88. The molecule has 0 heterocycles. The largest absolute Gasteiger partial charge is 0.312 e. The first-order chi connectivity index (χ1) is 7.87. The van der Waals surface area contributed by atoms with E-state index >= 15 is 0 Å². The van der Waals surface area contributed by atoms with Crippen LogP contribution in [0.15, 0.2) is 12.2 Å². The van der Waals surface area contributed by atoms with Gasteiger partial charge in [-0.1, -0.05) is 26.0 Å². The fraction of sp³-hybridized carbons (Fsp3) is 0.875. The van der Waals surface area contributed by atoms with E-state index in [1.165, 1.54) is 19.3 Å². The Morgan fingerprint density at radius 1 is 1.06 bits per heavy atom. The topological polar surface area (TPSA) is 12.0 Å². The van der Waals surface area contributed by atoms with Crippen LogP contribution in [-0.4, -0.2) is 12.1 Å². The van der Waals surface area contributed by atoms with Crippen molar-refractivity contribution in [1.29, 1.82) is 0 Å². The predicted molar refractivity (Wildman–Crippen MR) is 77.2 cm³/mol. The van der Waals surface area contributed by atoms with Crippen LogP contribution in [0.1, 0.15) is 60.3 Å². The van der Waals surface area contributed by atoms with Gasteiger partial charge in [0, 0.05) is 5.54 Å². The molecule has 0 amide bonds. The van der Waals surface area contributed by atoms with Crippen LogP contribution in [0.2, 0.25) is 0 Å². The number of rotatable bonds is 4. The molecule has 1 N–H and O–H groups in total. The number of hydrogen-bond donors (Lipinski definition) is 1. The zero-order valence-electron chi connectivity index (χ0n) is 12.4. The molecule has 0 aromatic carbocycles. The maximum absolute atomic E-state index is 3.53. The van der Waals surface area contributed by atoms with Crippen LogP contribution >= 0.6 is 0 Å². The van der Waals surface area contributed by atoms with E-state index in [2.05, 4.69) is 52.1 Å². The Balaban J connectivity index is 2.20. The summed E-state index contributed by atoms with van der Waals surface area (Å²) in [6.07, 6.45) is 10.2. The molecule has 1 rings (SSSR count). The van der Waals surface area contributed by atoms with Gasteiger partial charge in [-0.05, 0) is 70.8 Å². The van der Waals surface area contributed by atoms with Gasteiger partial charge in [0.2, 0.25) is 0 Å². The van der Waals surface area contributed by atoms with Gasteiger partial charge in [-0.15, -0.1) is 0 Å². The lowest BCUT2D eigenvalue weighted by Crippen LogP contribution is -2.36. The summed E-state index contributed by atoms with van der Waals surface area (Å²) in [6, 6.07) is 0. The Kier molecular flexibility index (Phi) is 5.72. The fourth-order valence-electron chi connectivity index (χ4n) is 2.99. The molecule has 0 saturated heterocycles. The molecule has 1 nitrogen and oxygen atoms in total. The van der Waals surface area contributed by atoms with Crippen molar-refractivity contribution < 1.29 is 0 Å². The minimum absolute atomic E-state index is 0.252. The maximum Gasteiger partial charge on any atom is 0.00966 e. The van der Waals surface area contributed by atoms with Crippen LogP contribution in [0.3, 0.4) is 0 Å². The van der Waals surface area contributed by atoms with Gasteiger partial charge in [0.1, 0.15) is 0 Å². The van der Waals surface area contributed by atoms with Gasteiger partial charge in [-0.25, -0.2) is 0 Å². The summed E-state index contributed by atoms with van der Waals surface area (Å²) in [6.45, 7) is 12.6. The van der Waals surface area contributed by atoms with Crippen LogP contribution in [0.5, 0.6) is 0 Å². The summed E-state index contributed by atoms with van der Waals surface area (Å²) in [5.41, 5.74) is 0.252. The van der Waals surface area contributed by atoms with Crippen molar-refractivity contribution in [3.8, 4) is 0 Å². The Morgan fingerprint density at radius 2 is 1.65 bits per heavy atom. The second-order valence-corrected chi connectivity index (χ2v) is 7.07. The van der Waals surface area contributed by atoms with Crippen LogP contribution < -0.4 is 5.32 Å². The zero-order chi connectivity index (χ0) is 12.9. The standard InChI is InChI=1S/C16H31N/c1-13-10-14(2)12-15(11-13)8-6-7-9-17-16(3,4)5/h6,8,13-15,17H,7,9-12H2,1-5H3. The summed E-state index contributed by atoms with van der Waals surface area (Å²) in [7, 11) is 0. The average Bonchev–Trinajstić information content (AvgIpc) is 2.13. The highest BCUT2D eigenvalue weighted by Gasteiger charge is 2.21. The maximum atomic E-state index is 3.53. The van der Waals surface area contributed by atoms with Crippen molar-refractivity contribution >= 4 is 0 Å². The molecule has 0 radical (unpaired) electrons. The van der Waals surface area contributed by atoms with Gasteiger partial charge in [0.15, 0.2) is 0 Å². The molecule has 1 aliphatic rings. The van der Waals surface area contributed by atoms with E-state index in [9.17, 15) is 0 Å². The molecule has 1 heteroatoms. The van der Waals surface area contributed by atoms with Crippen LogP contribution in [0.25, 0.3) is 0 Å². The summed E-state index contributed by atoms with van der Waals surface area (Å²) >= 11 is 0. The van der Waals surface area contributed by atoms with E-state index in [0.717, 1.165) is 30.7 Å². The summed E-state index contributed by atoms with van der Waals surface area (Å²) in [5.74, 6) is 2.67. The minimum Gasteiger partial charge on any atom is -0.312 e. The zero-order valence-corrected chi connectivity index (χ0v) is 12.4. The second kappa shape index (κ2) is 6.58. The van der Waals surface area contributed by atoms with Crippen molar-refractivity contribution in [3.63, 3.8) is 0 Å². The highest BCUT2D eigenvalue weighted by molar-refractivity contribution is 4.92. The first-order valence-corrected chi connectivity index (χ1v) is 7.28. The van der Waals surface area contributed by atoms with Gasteiger partial charge in [0.25, 0.3) is 0 Å². The van der Waals surface area contributed by atoms with E-state index in [1.807, 2.05) is 0 Å². The smallest absolute Gasteiger partial charge is 0.00966 e. The Labute approximate surface area is 108 Å². The van der Waals surface area contributed by atoms with Crippen molar-refractivity contribution in [1.82, 2.24) is 5.32 Å². The lowest BCUT2D eigenvalue weighted by Gasteiger charge is -2.29. The van der Waals surface area contributed by atoms with E-state index < -0.39 is 0 Å². The molecule has 0 aliphatic heterocycles. The Bertz CT molecular complexity index is 226. The SMILES string of the molecule is CC1CC(C)CC(C=CCCNC(C)(C)C)C1. The first-order valence-electron chi connectivity index (χ1n) is 7.28. The van der Waals surface area contributed by atoms with Crippen LogP contribution in [0.4, 0.5) is 0 Å². The van der Waals surface area contributed by atoms with Gasteiger partial charge in [0.05, 0.1) is 0 Å². The van der Waals surface area contributed by atoms with Crippen molar-refractivity contribution in [2.24, 2.45) is 17.8 Å². The molecule has 17 heavy (non-hydrogen) atoms. The molecule has 1 fully saturated rings. The average molecular weight is 237 g/mol. The molecule has 0 bridgehead atoms. The minimum atomic E-state index is 0.252. The van der Waals surface area contributed by atoms with Crippen molar-refractivity contribution in [2.75, 3.05) is 6.54 Å². The van der Waals surface area contributed by atoms with Crippen LogP contribution in [0, 0.1) is 17.8 Å². The monoisotopic (exact) mass is 237 g/mol. The summed E-state index contributed by atoms with van der Waals surface area (Å²) in [5, 5.41) is 3.53. The van der Waals surface area contributed by atoms with Gasteiger partial charge < -0.3 is 5.32 Å². The fourth-order valence-corrected chi connectivity index (χ4v) is 2.99. The summed E-state index contributed by atoms with van der Waals surface area (Å²) < 4.78 is 0. The second-order valence-electron chi connectivity index (χ2n) is 7.07. The normalized spacial score (nSPS) is 31.0. The molecule has 1 saturated carbocycles. The predicted octanol–water partition coefficient (Wildman–Crippen LogP) is 4.39. The molecular formula is C16H31N. The van der Waals surface area contributed by atoms with E-state index in [-0.39, 0.29) is 5.54 Å². The third-order valence-corrected chi connectivity index (χ3v) is 3.59. The Hall–Kier alpha value is -0.300. The van der Waals surface area contributed by atoms with Crippen molar-refractivity contribution in [2.45, 2.75) is 65.8 Å². The molecule has 0 aromatic heterocycles. The molecule has 0 aromatic rings. The van der Waals surface area contributed by atoms with Gasteiger partial charge in [-0.3, -0.25) is 0 Å². The third-order valence-electron chi connectivity index (χ3n) is 3.59. The van der Waals surface area contributed by atoms with E-state index in [4.69, 9.17) is 0 Å². The molecular weight excluding hydrogens is 206 g/mol. The van der Waals surface area contributed by atoms with Gasteiger partial charge >= 0.3 is 0 Å². The number of allylic oxidation sites excluding steroid dienone is 1. The molecule has 100 valence electrons. The highest BCUT2D eigenvalue weighted by atomic mass is 14.9. The number of hydrogen-bond acceptors (Lipinski definition) is 1.